The van der Waals surface area contributed by atoms with Gasteiger partial charge in [0.25, 0.3) is 5.88 Å². The first-order valence-electron chi connectivity index (χ1n) is 10.6. The fraction of sp³-hybridized carbons (Fsp3) is 0.286. The average molecular weight is 565 g/mol. The van der Waals surface area contributed by atoms with Crippen LogP contribution in [0.5, 0.6) is 17.5 Å². The highest BCUT2D eigenvalue weighted by Gasteiger charge is 2.39. The molecule has 0 saturated heterocycles. The van der Waals surface area contributed by atoms with Crippen LogP contribution in [0.25, 0.3) is 16.6 Å². The number of aliphatic hydroxyl groups excluding tert-OH is 1. The summed E-state index contributed by atoms with van der Waals surface area (Å²) in [5, 5.41) is 18.5. The second-order valence-electron chi connectivity index (χ2n) is 7.61. The van der Waals surface area contributed by atoms with Crippen LogP contribution < -0.4 is 15.2 Å². The van der Waals surface area contributed by atoms with Gasteiger partial charge in [0.15, 0.2) is 35.1 Å². The third-order valence-corrected chi connectivity index (χ3v) is 5.46. The number of aliphatic hydroxyl groups is 1. The summed E-state index contributed by atoms with van der Waals surface area (Å²) in [5.74, 6) is -7.26. The van der Waals surface area contributed by atoms with Crippen LogP contribution in [0.15, 0.2) is 23.1 Å². The predicted octanol–water partition coefficient (Wildman–Crippen LogP) is 4.08. The number of pyridine rings is 1. The van der Waals surface area contributed by atoms with Crippen molar-refractivity contribution < 1.29 is 40.9 Å². The molecule has 4 rings (SSSR count). The number of halogens is 7. The lowest BCUT2D eigenvalue weighted by molar-refractivity contribution is -0.189. The van der Waals surface area contributed by atoms with Crippen LogP contribution in [0, 0.1) is 17.5 Å². The van der Waals surface area contributed by atoms with Gasteiger partial charge in [-0.1, -0.05) is 11.6 Å². The van der Waals surface area contributed by atoms with Gasteiger partial charge < -0.3 is 14.6 Å². The molecule has 0 aliphatic carbocycles. The number of ether oxygens (including phenoxy) is 2. The number of benzene rings is 1. The van der Waals surface area contributed by atoms with Crippen molar-refractivity contribution in [2.45, 2.75) is 39.3 Å². The standard InChI is InChI=1S/C21H15ClF6N6O4/c1-3-33-13(7-35)32-34(20(33)36)17-15(25)10-6-29-31-19(38-16-11(22)4-9(23)5-12(16)24)14(10)18(30-17)37-8(2)21(26,27)28/h4-6,8,35H,3,7H2,1-2H3/t8-/m0/s1. The summed E-state index contributed by atoms with van der Waals surface area (Å²) < 4.78 is 95.2. The minimum Gasteiger partial charge on any atom is -0.464 e. The van der Waals surface area contributed by atoms with Gasteiger partial charge in [-0.3, -0.25) is 4.57 Å². The molecule has 1 atom stereocenters. The fourth-order valence-electron chi connectivity index (χ4n) is 3.33. The largest absolute Gasteiger partial charge is 0.464 e. The van der Waals surface area contributed by atoms with Crippen molar-refractivity contribution in [3.63, 3.8) is 0 Å². The Morgan fingerprint density at radius 3 is 2.47 bits per heavy atom. The number of rotatable bonds is 7. The monoisotopic (exact) mass is 564 g/mol. The molecule has 1 aromatic carbocycles. The number of aromatic nitrogens is 6. The highest BCUT2D eigenvalue weighted by Crippen LogP contribution is 2.40. The molecule has 0 fully saturated rings. The second-order valence-corrected chi connectivity index (χ2v) is 8.02. The molecular weight excluding hydrogens is 550 g/mol. The lowest BCUT2D eigenvalue weighted by Crippen LogP contribution is -2.32. The summed E-state index contributed by atoms with van der Waals surface area (Å²) in [5.41, 5.74) is -0.962. The molecule has 0 bridgehead atoms. The van der Waals surface area contributed by atoms with E-state index < -0.39 is 81.2 Å². The first kappa shape index (κ1) is 27.1. The number of nitrogens with zero attached hydrogens (tertiary/aromatic N) is 6. The topological polar surface area (TPSA) is 117 Å². The van der Waals surface area contributed by atoms with Crippen LogP contribution >= 0.6 is 11.6 Å². The van der Waals surface area contributed by atoms with Gasteiger partial charge in [0, 0.05) is 12.6 Å². The van der Waals surface area contributed by atoms with Gasteiger partial charge in [0.05, 0.1) is 16.6 Å². The maximum Gasteiger partial charge on any atom is 0.425 e. The van der Waals surface area contributed by atoms with Crippen molar-refractivity contribution in [2.24, 2.45) is 0 Å². The maximum absolute atomic E-state index is 15.7. The molecule has 1 N–H and O–H groups in total. The van der Waals surface area contributed by atoms with Crippen molar-refractivity contribution in [3.8, 4) is 23.3 Å². The van der Waals surface area contributed by atoms with Crippen LogP contribution in [0.1, 0.15) is 19.7 Å². The van der Waals surface area contributed by atoms with Gasteiger partial charge in [-0.2, -0.15) is 27.9 Å². The molecule has 0 amide bonds. The maximum atomic E-state index is 15.7. The average Bonchev–Trinajstić information content (AvgIpc) is 3.17. The summed E-state index contributed by atoms with van der Waals surface area (Å²) in [6, 6.07) is 1.10. The molecule has 4 aromatic rings. The Morgan fingerprint density at radius 1 is 1.18 bits per heavy atom. The van der Waals surface area contributed by atoms with Gasteiger partial charge >= 0.3 is 11.9 Å². The normalized spacial score (nSPS) is 12.7. The van der Waals surface area contributed by atoms with Gasteiger partial charge in [0.2, 0.25) is 5.88 Å². The first-order valence-corrected chi connectivity index (χ1v) is 11.0. The molecule has 0 spiro atoms. The van der Waals surface area contributed by atoms with E-state index >= 15 is 4.39 Å². The van der Waals surface area contributed by atoms with E-state index in [2.05, 4.69) is 20.3 Å². The minimum absolute atomic E-state index is 0.0197. The predicted molar refractivity (Wildman–Crippen MR) is 118 cm³/mol. The van der Waals surface area contributed by atoms with Crippen LogP contribution in [0.2, 0.25) is 5.02 Å². The van der Waals surface area contributed by atoms with E-state index in [1.165, 1.54) is 6.92 Å². The molecule has 202 valence electrons. The third kappa shape index (κ3) is 4.83. The molecular formula is C21H15ClF6N6O4. The van der Waals surface area contributed by atoms with Crippen molar-refractivity contribution in [1.82, 2.24) is 29.5 Å². The van der Waals surface area contributed by atoms with Crippen molar-refractivity contribution in [2.75, 3.05) is 0 Å². The van der Waals surface area contributed by atoms with Gasteiger partial charge in [-0.25, -0.2) is 18.0 Å². The molecule has 0 aliphatic heterocycles. The lowest BCUT2D eigenvalue weighted by atomic mass is 10.2. The van der Waals surface area contributed by atoms with E-state index in [1.807, 2.05) is 0 Å². The van der Waals surface area contributed by atoms with E-state index in [-0.39, 0.29) is 12.4 Å². The van der Waals surface area contributed by atoms with Crippen molar-refractivity contribution in [1.29, 1.82) is 0 Å². The molecule has 0 unspecified atom stereocenters. The Balaban J connectivity index is 2.00. The minimum atomic E-state index is -4.92. The molecule has 0 saturated carbocycles. The van der Waals surface area contributed by atoms with E-state index in [0.29, 0.717) is 23.7 Å². The number of fused-ring (bicyclic) bond motifs is 1. The van der Waals surface area contributed by atoms with E-state index in [1.54, 1.807) is 0 Å². The second kappa shape index (κ2) is 10.1. The van der Waals surface area contributed by atoms with Gasteiger partial charge in [-0.05, 0) is 19.9 Å². The Labute approximate surface area is 213 Å². The number of alkyl halides is 3. The number of hydrogen-bond donors (Lipinski definition) is 1. The Morgan fingerprint density at radius 2 is 1.89 bits per heavy atom. The van der Waals surface area contributed by atoms with Gasteiger partial charge in [0.1, 0.15) is 17.8 Å². The molecule has 0 aliphatic rings. The van der Waals surface area contributed by atoms with E-state index in [0.717, 1.165) is 10.8 Å². The van der Waals surface area contributed by atoms with Gasteiger partial charge in [-0.15, -0.1) is 10.2 Å². The SMILES string of the molecule is CCn1c(CO)nn(-c2nc(O[C@@H](C)C(F)(F)F)c3c(Oc4c(F)cc(F)cc4Cl)nncc3c2F)c1=O. The summed E-state index contributed by atoms with van der Waals surface area (Å²) in [4.78, 5) is 16.5. The van der Waals surface area contributed by atoms with Crippen LogP contribution in [0.3, 0.4) is 0 Å². The summed E-state index contributed by atoms with van der Waals surface area (Å²) in [6.07, 6.45) is -6.66. The van der Waals surface area contributed by atoms with Crippen LogP contribution in [-0.2, 0) is 13.2 Å². The lowest BCUT2D eigenvalue weighted by Gasteiger charge is -2.19. The Kier molecular flexibility index (Phi) is 7.20. The molecule has 0 radical (unpaired) electrons. The fourth-order valence-corrected chi connectivity index (χ4v) is 3.56. The highest BCUT2D eigenvalue weighted by atomic mass is 35.5. The Hall–Kier alpha value is -3.92. The van der Waals surface area contributed by atoms with Crippen LogP contribution in [0.4, 0.5) is 26.3 Å². The summed E-state index contributed by atoms with van der Waals surface area (Å²) in [7, 11) is 0. The molecule has 3 heterocycles. The molecule has 38 heavy (non-hydrogen) atoms. The zero-order valence-electron chi connectivity index (χ0n) is 19.2. The van der Waals surface area contributed by atoms with E-state index in [4.69, 9.17) is 21.1 Å². The quantitative estimate of drug-likeness (QED) is 0.334. The molecule has 17 heteroatoms. The highest BCUT2D eigenvalue weighted by molar-refractivity contribution is 6.32. The third-order valence-electron chi connectivity index (χ3n) is 5.18. The zero-order chi connectivity index (χ0) is 27.9. The van der Waals surface area contributed by atoms with Crippen molar-refractivity contribution >= 4 is 22.4 Å². The van der Waals surface area contributed by atoms with Crippen LogP contribution in [-0.4, -0.2) is 46.9 Å². The first-order chi connectivity index (χ1) is 17.9. The smallest absolute Gasteiger partial charge is 0.425 e. The summed E-state index contributed by atoms with van der Waals surface area (Å²) >= 11 is 5.83. The zero-order valence-corrected chi connectivity index (χ0v) is 20.0. The molecule has 3 aromatic heterocycles. The Bertz CT molecular complexity index is 1570. The summed E-state index contributed by atoms with van der Waals surface area (Å²) in [6.45, 7) is 1.47. The van der Waals surface area contributed by atoms with Crippen molar-refractivity contribution in [3.05, 3.63) is 57.1 Å². The molecule has 10 nitrogen and oxygen atoms in total. The van der Waals surface area contributed by atoms with E-state index in [9.17, 15) is 31.9 Å². The number of hydrogen-bond acceptors (Lipinski definition) is 8.